The number of carbonyl (C=O) groups excluding carboxylic acids is 2. The normalized spacial score (nSPS) is 26.4. The predicted octanol–water partition coefficient (Wildman–Crippen LogP) is 1.06. The fourth-order valence-electron chi connectivity index (χ4n) is 2.29. The Balaban J connectivity index is 2.16. The molecule has 1 aliphatic heterocycles. The zero-order valence-corrected chi connectivity index (χ0v) is 13.3. The van der Waals surface area contributed by atoms with Gasteiger partial charge in [0.2, 0.25) is 0 Å². The summed E-state index contributed by atoms with van der Waals surface area (Å²) in [6, 6.07) is 8.31. The summed E-state index contributed by atoms with van der Waals surface area (Å²) in [6.45, 7) is 4.77. The van der Waals surface area contributed by atoms with Crippen LogP contribution in [0.1, 0.15) is 17.3 Å². The van der Waals surface area contributed by atoms with Crippen LogP contribution in [0.15, 0.2) is 43.0 Å². The highest BCUT2D eigenvalue weighted by Gasteiger charge is 2.45. The Morgan fingerprint density at radius 2 is 2.00 bits per heavy atom. The van der Waals surface area contributed by atoms with Crippen molar-refractivity contribution >= 4 is 11.9 Å². The van der Waals surface area contributed by atoms with Gasteiger partial charge in [-0.25, -0.2) is 4.79 Å². The second-order valence-electron chi connectivity index (χ2n) is 5.20. The smallest absolute Gasteiger partial charge is 0.338 e. The third kappa shape index (κ3) is 4.64. The summed E-state index contributed by atoms with van der Waals surface area (Å²) in [5.41, 5.74) is 0.321. The van der Waals surface area contributed by atoms with Crippen molar-refractivity contribution < 1.29 is 33.6 Å². The summed E-state index contributed by atoms with van der Waals surface area (Å²) in [6.07, 6.45) is -2.80. The Morgan fingerprint density at radius 1 is 1.29 bits per heavy atom. The lowest BCUT2D eigenvalue weighted by atomic mass is 10.0. The fraction of sp³-hybridized carbons (Fsp3) is 0.412. The molecule has 0 spiro atoms. The molecule has 1 heterocycles. The molecule has 0 unspecified atom stereocenters. The molecule has 2 rings (SSSR count). The van der Waals surface area contributed by atoms with Crippen LogP contribution >= 0.6 is 0 Å². The molecule has 0 aliphatic carbocycles. The highest BCUT2D eigenvalue weighted by molar-refractivity contribution is 5.89. The Hall–Kier alpha value is -2.22. The minimum Gasteiger partial charge on any atom is -0.453 e. The molecule has 0 radical (unpaired) electrons. The lowest BCUT2D eigenvalue weighted by molar-refractivity contribution is -0.271. The van der Waals surface area contributed by atoms with E-state index >= 15 is 0 Å². The second kappa shape index (κ2) is 8.58. The van der Waals surface area contributed by atoms with Gasteiger partial charge in [0, 0.05) is 6.92 Å². The Labute approximate surface area is 139 Å². The quantitative estimate of drug-likeness (QED) is 0.613. The molecule has 0 aromatic heterocycles. The van der Waals surface area contributed by atoms with E-state index in [1.807, 2.05) is 0 Å². The van der Waals surface area contributed by atoms with Crippen molar-refractivity contribution in [1.82, 2.24) is 0 Å². The fourth-order valence-corrected chi connectivity index (χ4v) is 2.29. The number of rotatable bonds is 6. The zero-order chi connectivity index (χ0) is 17.5. The molecule has 1 aromatic rings. The Morgan fingerprint density at radius 3 is 2.62 bits per heavy atom. The van der Waals surface area contributed by atoms with Gasteiger partial charge in [0.05, 0.1) is 18.8 Å². The second-order valence-corrected chi connectivity index (χ2v) is 5.20. The first-order valence-corrected chi connectivity index (χ1v) is 7.48. The van der Waals surface area contributed by atoms with Crippen LogP contribution in [0.2, 0.25) is 0 Å². The van der Waals surface area contributed by atoms with Gasteiger partial charge in [0.1, 0.15) is 6.10 Å². The van der Waals surface area contributed by atoms with E-state index in [9.17, 15) is 14.7 Å². The van der Waals surface area contributed by atoms with Crippen LogP contribution in [0.25, 0.3) is 0 Å². The van der Waals surface area contributed by atoms with E-state index in [2.05, 4.69) is 6.58 Å². The zero-order valence-electron chi connectivity index (χ0n) is 13.3. The van der Waals surface area contributed by atoms with Crippen molar-refractivity contribution in [3.05, 3.63) is 48.6 Å². The van der Waals surface area contributed by atoms with Crippen molar-refractivity contribution in [2.24, 2.45) is 0 Å². The minimum absolute atomic E-state index is 0.119. The number of hydrogen-bond donors (Lipinski definition) is 1. The van der Waals surface area contributed by atoms with Gasteiger partial charge in [-0.05, 0) is 12.1 Å². The molecular weight excluding hydrogens is 316 g/mol. The average molecular weight is 336 g/mol. The molecule has 1 N–H and O–H groups in total. The number of benzene rings is 1. The van der Waals surface area contributed by atoms with Gasteiger partial charge in [0.15, 0.2) is 18.5 Å². The Bertz CT molecular complexity index is 572. The SMILES string of the molecule is C=CCO[C@H]1OC[C@H](O)[C@H](OC(=O)c2ccccc2)[C@H]1OC(C)=O. The molecule has 0 amide bonds. The summed E-state index contributed by atoms with van der Waals surface area (Å²) >= 11 is 0. The van der Waals surface area contributed by atoms with Crippen LogP contribution in [0.5, 0.6) is 0 Å². The van der Waals surface area contributed by atoms with E-state index in [0.29, 0.717) is 5.56 Å². The van der Waals surface area contributed by atoms with Gasteiger partial charge in [0.25, 0.3) is 0 Å². The molecule has 0 saturated carbocycles. The van der Waals surface area contributed by atoms with Crippen LogP contribution in [-0.2, 0) is 23.7 Å². The van der Waals surface area contributed by atoms with Gasteiger partial charge < -0.3 is 24.1 Å². The van der Waals surface area contributed by atoms with Crippen LogP contribution < -0.4 is 0 Å². The molecule has 1 aromatic carbocycles. The van der Waals surface area contributed by atoms with Gasteiger partial charge in [-0.1, -0.05) is 24.3 Å². The number of ether oxygens (including phenoxy) is 4. The van der Waals surface area contributed by atoms with E-state index < -0.39 is 36.5 Å². The number of esters is 2. The van der Waals surface area contributed by atoms with E-state index in [1.54, 1.807) is 30.3 Å². The molecule has 1 fully saturated rings. The maximum atomic E-state index is 12.2. The van der Waals surface area contributed by atoms with Gasteiger partial charge in [-0.2, -0.15) is 0 Å². The molecule has 1 aliphatic rings. The maximum Gasteiger partial charge on any atom is 0.338 e. The average Bonchev–Trinajstić information content (AvgIpc) is 2.57. The van der Waals surface area contributed by atoms with Crippen molar-refractivity contribution in [1.29, 1.82) is 0 Å². The molecule has 0 bridgehead atoms. The molecule has 24 heavy (non-hydrogen) atoms. The highest BCUT2D eigenvalue weighted by Crippen LogP contribution is 2.24. The standard InChI is InChI=1S/C17H20O7/c1-3-9-21-17-15(23-11(2)18)14(13(19)10-22-17)24-16(20)12-7-5-4-6-8-12/h3-8,13-15,17,19H,1,9-10H2,2H3/t13-,14-,15+,17-/m0/s1. The lowest BCUT2D eigenvalue weighted by Gasteiger charge is -2.38. The predicted molar refractivity (Wildman–Crippen MR) is 83.1 cm³/mol. The van der Waals surface area contributed by atoms with Crippen LogP contribution in [0, 0.1) is 0 Å². The largest absolute Gasteiger partial charge is 0.453 e. The minimum atomic E-state index is -1.15. The van der Waals surface area contributed by atoms with Crippen molar-refractivity contribution in [3.63, 3.8) is 0 Å². The van der Waals surface area contributed by atoms with Gasteiger partial charge in [-0.15, -0.1) is 6.58 Å². The third-order valence-corrected chi connectivity index (χ3v) is 3.34. The summed E-state index contributed by atoms with van der Waals surface area (Å²) in [5.74, 6) is -1.24. The first kappa shape index (κ1) is 18.1. The third-order valence-electron chi connectivity index (χ3n) is 3.34. The van der Waals surface area contributed by atoms with Crippen LogP contribution in [0.4, 0.5) is 0 Å². The molecule has 7 heteroatoms. The van der Waals surface area contributed by atoms with E-state index in [-0.39, 0.29) is 13.2 Å². The van der Waals surface area contributed by atoms with Crippen molar-refractivity contribution in [2.45, 2.75) is 31.5 Å². The molecule has 7 nitrogen and oxygen atoms in total. The summed E-state index contributed by atoms with van der Waals surface area (Å²) < 4.78 is 21.2. The summed E-state index contributed by atoms with van der Waals surface area (Å²) in [7, 11) is 0. The number of hydrogen-bond acceptors (Lipinski definition) is 7. The molecule has 1 saturated heterocycles. The first-order valence-electron chi connectivity index (χ1n) is 7.48. The topological polar surface area (TPSA) is 91.3 Å². The van der Waals surface area contributed by atoms with Crippen molar-refractivity contribution in [3.8, 4) is 0 Å². The maximum absolute atomic E-state index is 12.2. The number of carbonyl (C=O) groups is 2. The summed E-state index contributed by atoms with van der Waals surface area (Å²) in [4.78, 5) is 23.6. The van der Waals surface area contributed by atoms with E-state index in [0.717, 1.165) is 0 Å². The lowest BCUT2D eigenvalue weighted by Crippen LogP contribution is -2.57. The number of aliphatic hydroxyl groups excluding tert-OH is 1. The molecule has 4 atom stereocenters. The van der Waals surface area contributed by atoms with Gasteiger partial charge >= 0.3 is 11.9 Å². The van der Waals surface area contributed by atoms with Crippen LogP contribution in [0.3, 0.4) is 0 Å². The van der Waals surface area contributed by atoms with Crippen molar-refractivity contribution in [2.75, 3.05) is 13.2 Å². The van der Waals surface area contributed by atoms with Gasteiger partial charge in [-0.3, -0.25) is 4.79 Å². The monoisotopic (exact) mass is 336 g/mol. The van der Waals surface area contributed by atoms with E-state index in [4.69, 9.17) is 18.9 Å². The molecule has 130 valence electrons. The van der Waals surface area contributed by atoms with E-state index in [1.165, 1.54) is 13.0 Å². The molecular formula is C17H20O7. The van der Waals surface area contributed by atoms with Crippen LogP contribution in [-0.4, -0.2) is 54.9 Å². The Kier molecular flexibility index (Phi) is 6.48. The first-order chi connectivity index (χ1) is 11.5. The number of aliphatic hydroxyl groups is 1. The highest BCUT2D eigenvalue weighted by atomic mass is 16.7. The summed E-state index contributed by atoms with van der Waals surface area (Å²) in [5, 5.41) is 10.1.